The van der Waals surface area contributed by atoms with Crippen LogP contribution in [0.3, 0.4) is 0 Å². The van der Waals surface area contributed by atoms with Crippen LogP contribution in [0.4, 0.5) is 11.4 Å². The molecule has 0 unspecified atom stereocenters. The minimum absolute atomic E-state index is 0.275. The van der Waals surface area contributed by atoms with Crippen molar-refractivity contribution in [2.24, 2.45) is 0 Å². The first-order valence-corrected chi connectivity index (χ1v) is 9.50. The van der Waals surface area contributed by atoms with E-state index in [1.807, 2.05) is 54.6 Å². The van der Waals surface area contributed by atoms with Crippen LogP contribution < -0.4 is 15.4 Å². The van der Waals surface area contributed by atoms with Gasteiger partial charge >= 0.3 is 0 Å². The molecule has 2 aromatic carbocycles. The van der Waals surface area contributed by atoms with Gasteiger partial charge in [-0.2, -0.15) is 0 Å². The van der Waals surface area contributed by atoms with Crippen molar-refractivity contribution in [2.45, 2.75) is 6.54 Å². The molecule has 2 N–H and O–H groups in total. The maximum atomic E-state index is 12.4. The smallest absolute Gasteiger partial charge is 0.274 e. The lowest BCUT2D eigenvalue weighted by molar-refractivity contribution is 0.102. The van der Waals surface area contributed by atoms with E-state index in [0.29, 0.717) is 23.7 Å². The van der Waals surface area contributed by atoms with Gasteiger partial charge in [-0.25, -0.2) is 4.98 Å². The third-order valence-corrected chi connectivity index (χ3v) is 4.29. The molecular formula is C24H20N4O2. The zero-order valence-corrected chi connectivity index (χ0v) is 16.2. The van der Waals surface area contributed by atoms with Gasteiger partial charge in [-0.05, 0) is 60.7 Å². The number of benzene rings is 2. The summed E-state index contributed by atoms with van der Waals surface area (Å²) < 4.78 is 5.75. The maximum absolute atomic E-state index is 12.4. The van der Waals surface area contributed by atoms with Gasteiger partial charge in [-0.15, -0.1) is 0 Å². The summed E-state index contributed by atoms with van der Waals surface area (Å²) >= 11 is 0. The third kappa shape index (κ3) is 5.20. The van der Waals surface area contributed by atoms with Gasteiger partial charge in [0.05, 0.1) is 24.1 Å². The highest BCUT2D eigenvalue weighted by atomic mass is 16.5. The van der Waals surface area contributed by atoms with Crippen LogP contribution in [0.1, 0.15) is 16.2 Å². The molecule has 0 bridgehead atoms. The van der Waals surface area contributed by atoms with Crippen molar-refractivity contribution in [3.8, 4) is 11.5 Å². The Kier molecular flexibility index (Phi) is 5.96. The van der Waals surface area contributed by atoms with Crippen LogP contribution in [-0.2, 0) is 6.54 Å². The van der Waals surface area contributed by atoms with Gasteiger partial charge in [0.2, 0.25) is 0 Å². The second kappa shape index (κ2) is 9.34. The average molecular weight is 396 g/mol. The predicted octanol–water partition coefficient (Wildman–Crippen LogP) is 5.13. The highest BCUT2D eigenvalue weighted by molar-refractivity contribution is 6.02. The van der Waals surface area contributed by atoms with Crippen LogP contribution in [-0.4, -0.2) is 15.9 Å². The molecule has 0 radical (unpaired) electrons. The molecule has 6 heteroatoms. The van der Waals surface area contributed by atoms with E-state index >= 15 is 0 Å². The topological polar surface area (TPSA) is 76.1 Å². The summed E-state index contributed by atoms with van der Waals surface area (Å²) in [4.78, 5) is 20.9. The van der Waals surface area contributed by atoms with Crippen molar-refractivity contribution >= 4 is 17.3 Å². The molecule has 4 aromatic rings. The number of anilines is 2. The van der Waals surface area contributed by atoms with Gasteiger partial charge in [-0.1, -0.05) is 24.3 Å². The van der Waals surface area contributed by atoms with Gasteiger partial charge in [-0.3, -0.25) is 9.78 Å². The summed E-state index contributed by atoms with van der Waals surface area (Å²) in [5.74, 6) is 1.18. The molecule has 6 nitrogen and oxygen atoms in total. The summed E-state index contributed by atoms with van der Waals surface area (Å²) in [6, 6.07) is 26.0. The standard InChI is InChI=1S/C24H20N4O2/c29-24(23-14-11-20(17-27-23)26-16-19-6-4-5-15-25-19)28-18-9-12-22(13-10-18)30-21-7-2-1-3-8-21/h1-15,17,26H,16H2,(H,28,29). The summed E-state index contributed by atoms with van der Waals surface area (Å²) in [7, 11) is 0. The maximum Gasteiger partial charge on any atom is 0.274 e. The van der Waals surface area contributed by atoms with E-state index in [1.165, 1.54) is 0 Å². The summed E-state index contributed by atoms with van der Waals surface area (Å²) in [5.41, 5.74) is 2.75. The Morgan fingerprint density at radius 2 is 1.50 bits per heavy atom. The van der Waals surface area contributed by atoms with Crippen molar-refractivity contribution < 1.29 is 9.53 Å². The van der Waals surface area contributed by atoms with Crippen LogP contribution >= 0.6 is 0 Å². The SMILES string of the molecule is O=C(Nc1ccc(Oc2ccccc2)cc1)c1ccc(NCc2ccccn2)cn1. The van der Waals surface area contributed by atoms with Crippen molar-refractivity contribution in [3.63, 3.8) is 0 Å². The average Bonchev–Trinajstić information content (AvgIpc) is 2.81. The zero-order chi connectivity index (χ0) is 20.6. The highest BCUT2D eigenvalue weighted by Crippen LogP contribution is 2.22. The van der Waals surface area contributed by atoms with Crippen molar-refractivity contribution in [3.05, 3.63) is 109 Å². The summed E-state index contributed by atoms with van der Waals surface area (Å²) in [5, 5.41) is 6.07. The first-order chi connectivity index (χ1) is 14.8. The van der Waals surface area contributed by atoms with Gasteiger partial charge < -0.3 is 15.4 Å². The van der Waals surface area contributed by atoms with Crippen LogP contribution in [0.15, 0.2) is 97.3 Å². The molecule has 0 aliphatic heterocycles. The van der Waals surface area contributed by atoms with Crippen LogP contribution in [0.25, 0.3) is 0 Å². The molecular weight excluding hydrogens is 376 g/mol. The Morgan fingerprint density at radius 3 is 2.20 bits per heavy atom. The number of aromatic nitrogens is 2. The number of para-hydroxylation sites is 1. The molecule has 30 heavy (non-hydrogen) atoms. The molecule has 2 heterocycles. The zero-order valence-electron chi connectivity index (χ0n) is 16.2. The minimum Gasteiger partial charge on any atom is -0.457 e. The van der Waals surface area contributed by atoms with E-state index in [0.717, 1.165) is 17.1 Å². The molecule has 0 aliphatic carbocycles. The number of amides is 1. The lowest BCUT2D eigenvalue weighted by Gasteiger charge is -2.09. The molecule has 0 spiro atoms. The Balaban J connectivity index is 1.32. The van der Waals surface area contributed by atoms with Crippen molar-refractivity contribution in [2.75, 3.05) is 10.6 Å². The monoisotopic (exact) mass is 396 g/mol. The minimum atomic E-state index is -0.275. The Morgan fingerprint density at radius 1 is 0.767 bits per heavy atom. The Labute approximate surface area is 174 Å². The molecule has 0 fully saturated rings. The van der Waals surface area contributed by atoms with Crippen molar-refractivity contribution in [1.82, 2.24) is 9.97 Å². The number of carbonyl (C=O) groups excluding carboxylic acids is 1. The highest BCUT2D eigenvalue weighted by Gasteiger charge is 2.08. The lowest BCUT2D eigenvalue weighted by Crippen LogP contribution is -2.13. The lowest BCUT2D eigenvalue weighted by atomic mass is 10.2. The number of rotatable bonds is 7. The van der Waals surface area contributed by atoms with Gasteiger partial charge in [0, 0.05) is 11.9 Å². The molecule has 4 rings (SSSR count). The van der Waals surface area contributed by atoms with Gasteiger partial charge in [0.1, 0.15) is 17.2 Å². The molecule has 0 atom stereocenters. The Hall–Kier alpha value is -4.19. The Bertz CT molecular complexity index is 1080. The molecule has 1 amide bonds. The molecule has 0 saturated heterocycles. The largest absolute Gasteiger partial charge is 0.457 e. The molecule has 0 saturated carbocycles. The fourth-order valence-corrected chi connectivity index (χ4v) is 2.75. The van der Waals surface area contributed by atoms with E-state index in [9.17, 15) is 4.79 Å². The third-order valence-electron chi connectivity index (χ3n) is 4.29. The number of hydrogen-bond donors (Lipinski definition) is 2. The number of pyridine rings is 2. The molecule has 2 aromatic heterocycles. The predicted molar refractivity (Wildman–Crippen MR) is 117 cm³/mol. The van der Waals surface area contributed by atoms with Crippen LogP contribution in [0, 0.1) is 0 Å². The van der Waals surface area contributed by atoms with E-state index < -0.39 is 0 Å². The fraction of sp³-hybridized carbons (Fsp3) is 0.0417. The van der Waals surface area contributed by atoms with E-state index in [-0.39, 0.29) is 5.91 Å². The fourth-order valence-electron chi connectivity index (χ4n) is 2.75. The molecule has 148 valence electrons. The number of carbonyl (C=O) groups is 1. The molecule has 0 aliphatic rings. The number of nitrogens with one attached hydrogen (secondary N) is 2. The first kappa shape index (κ1) is 19.1. The van der Waals surface area contributed by atoms with Crippen molar-refractivity contribution in [1.29, 1.82) is 0 Å². The van der Waals surface area contributed by atoms with Crippen LogP contribution in [0.5, 0.6) is 11.5 Å². The normalized spacial score (nSPS) is 10.3. The number of hydrogen-bond acceptors (Lipinski definition) is 5. The quantitative estimate of drug-likeness (QED) is 0.453. The summed E-state index contributed by atoms with van der Waals surface area (Å²) in [6.07, 6.45) is 3.39. The number of nitrogens with zero attached hydrogens (tertiary/aromatic N) is 2. The number of ether oxygens (including phenoxy) is 1. The second-order valence-electron chi connectivity index (χ2n) is 6.50. The van der Waals surface area contributed by atoms with Gasteiger partial charge in [0.25, 0.3) is 5.91 Å². The van der Waals surface area contributed by atoms with Gasteiger partial charge in [0.15, 0.2) is 0 Å². The van der Waals surface area contributed by atoms with E-state index in [2.05, 4.69) is 20.6 Å². The first-order valence-electron chi connectivity index (χ1n) is 9.50. The van der Waals surface area contributed by atoms with E-state index in [4.69, 9.17) is 4.74 Å². The van der Waals surface area contributed by atoms with Crippen LogP contribution in [0.2, 0.25) is 0 Å². The second-order valence-corrected chi connectivity index (χ2v) is 6.50. The van der Waals surface area contributed by atoms with E-state index in [1.54, 1.807) is 42.7 Å². The summed E-state index contributed by atoms with van der Waals surface area (Å²) in [6.45, 7) is 0.589.